The molecule has 0 aliphatic carbocycles. The monoisotopic (exact) mass is 949 g/mol. The van der Waals surface area contributed by atoms with Gasteiger partial charge in [-0.1, -0.05) is 190 Å². The number of unbranched alkanes of at least 4 members (excludes halogenated alkanes) is 14. The Balaban J connectivity index is 0.00000112. The van der Waals surface area contributed by atoms with Crippen LogP contribution in [0.25, 0.3) is 0 Å². The molecule has 4 unspecified atom stereocenters. The van der Waals surface area contributed by atoms with E-state index in [0.717, 1.165) is 101 Å². The molecule has 0 saturated carbocycles. The zero-order valence-corrected chi connectivity index (χ0v) is 41.8. The van der Waals surface area contributed by atoms with E-state index < -0.39 is 11.9 Å². The number of carbonyl (C=O) groups excluding carboxylic acids is 2. The van der Waals surface area contributed by atoms with E-state index in [0.29, 0.717) is 26.1 Å². The Morgan fingerprint density at radius 1 is 0.458 bits per heavy atom. The van der Waals surface area contributed by atoms with Crippen LogP contribution in [0.3, 0.4) is 0 Å². The average molecular weight is 949 g/mol. The van der Waals surface area contributed by atoms with Gasteiger partial charge in [0.05, 0.1) is 37.6 Å². The molecule has 59 heavy (non-hydrogen) atoms. The average Bonchev–Trinajstić information content (AvgIpc) is 3.22. The maximum absolute atomic E-state index is 10.8. The fourth-order valence-corrected chi connectivity index (χ4v) is 7.22. The Labute approximate surface area is 400 Å². The molecule has 0 amide bonds. The number of carboxylic acid groups (broad SMARTS) is 2. The van der Waals surface area contributed by atoms with Gasteiger partial charge in [0.15, 0.2) is 0 Å². The number of hydrogen-bond acceptors (Lipinski definition) is 8. The van der Waals surface area contributed by atoms with Crippen LogP contribution in [0.1, 0.15) is 205 Å². The number of rotatable bonds is 38. The fraction of sp³-hybridized carbons (Fsp3) is 0.720. The maximum Gasteiger partial charge on any atom is 2.00 e. The predicted molar refractivity (Wildman–Crippen MR) is 238 cm³/mol. The molecule has 2 rings (SSSR count). The standard InChI is InChI=1S/2C25H42O4.Ba/c2*1-2-3-9-16-23(26)17-12-6-4-5-7-13-18-24(19-20-25(27)28)29-21-22-14-10-8-11-15-22;/h2*8,10-11,14-15,23-24,26H,2-7,9,12-13,16-21H2,1H3,(H,27,28);/q;;+2/p-2. The predicted octanol–water partition coefficient (Wildman–Crippen LogP) is 9.95. The molecule has 0 saturated heterocycles. The summed E-state index contributed by atoms with van der Waals surface area (Å²) in [7, 11) is 0. The van der Waals surface area contributed by atoms with Crippen LogP contribution in [0.2, 0.25) is 0 Å². The molecule has 4 atom stereocenters. The molecule has 2 aromatic rings. The SMILES string of the molecule is CCCCCC(O)CCCCCCCCC(CCC(=O)[O-])OCc1ccccc1.CCCCCC(O)CCCCCCCCC(CCC(=O)[O-])OCc1ccccc1.[Ba+2]. The third-order valence-electron chi connectivity index (χ3n) is 10.9. The van der Waals surface area contributed by atoms with Crippen molar-refractivity contribution in [2.24, 2.45) is 0 Å². The van der Waals surface area contributed by atoms with Gasteiger partial charge < -0.3 is 39.5 Å². The molecule has 2 aromatic carbocycles. The van der Waals surface area contributed by atoms with Crippen molar-refractivity contribution in [1.82, 2.24) is 0 Å². The summed E-state index contributed by atoms with van der Waals surface area (Å²) in [6, 6.07) is 20.0. The van der Waals surface area contributed by atoms with E-state index in [9.17, 15) is 30.0 Å². The van der Waals surface area contributed by atoms with Crippen molar-refractivity contribution < 1.29 is 39.5 Å². The van der Waals surface area contributed by atoms with Crippen molar-refractivity contribution >= 4 is 60.8 Å². The number of benzene rings is 2. The molecule has 8 nitrogen and oxygen atoms in total. The minimum absolute atomic E-state index is 0. The number of aliphatic hydroxyl groups is 2. The zero-order valence-electron chi connectivity index (χ0n) is 37.3. The van der Waals surface area contributed by atoms with E-state index in [2.05, 4.69) is 13.8 Å². The number of carbonyl (C=O) groups is 2. The third-order valence-corrected chi connectivity index (χ3v) is 10.9. The van der Waals surface area contributed by atoms with E-state index in [1.165, 1.54) is 64.2 Å². The van der Waals surface area contributed by atoms with Gasteiger partial charge >= 0.3 is 48.9 Å². The molecule has 9 heteroatoms. The van der Waals surface area contributed by atoms with Gasteiger partial charge in [0.2, 0.25) is 0 Å². The van der Waals surface area contributed by atoms with Gasteiger partial charge in [-0.25, -0.2) is 0 Å². The van der Waals surface area contributed by atoms with E-state index >= 15 is 0 Å². The van der Waals surface area contributed by atoms with Crippen LogP contribution in [0.5, 0.6) is 0 Å². The van der Waals surface area contributed by atoms with Crippen molar-refractivity contribution in [3.8, 4) is 0 Å². The van der Waals surface area contributed by atoms with Crippen LogP contribution >= 0.6 is 0 Å². The quantitative estimate of drug-likeness (QED) is 0.0501. The first-order chi connectivity index (χ1) is 28.2. The largest absolute Gasteiger partial charge is 2.00 e. The van der Waals surface area contributed by atoms with Gasteiger partial charge in [0, 0.05) is 11.9 Å². The molecular weight excluding hydrogens is 866 g/mol. The Morgan fingerprint density at radius 2 is 0.746 bits per heavy atom. The molecule has 0 heterocycles. The van der Waals surface area contributed by atoms with E-state index in [-0.39, 0.29) is 86.1 Å². The number of ether oxygens (including phenoxy) is 2. The van der Waals surface area contributed by atoms with Crippen LogP contribution in [-0.4, -0.2) is 95.4 Å². The second-order valence-corrected chi connectivity index (χ2v) is 16.4. The van der Waals surface area contributed by atoms with Gasteiger partial charge in [0.25, 0.3) is 0 Å². The second kappa shape index (κ2) is 42.1. The van der Waals surface area contributed by atoms with Crippen molar-refractivity contribution in [2.75, 3.05) is 0 Å². The molecule has 0 aromatic heterocycles. The van der Waals surface area contributed by atoms with Gasteiger partial charge in [-0.2, -0.15) is 0 Å². The number of aliphatic carboxylic acids is 2. The summed E-state index contributed by atoms with van der Waals surface area (Å²) in [5.41, 5.74) is 2.23. The van der Waals surface area contributed by atoms with E-state index in [1.54, 1.807) is 0 Å². The van der Waals surface area contributed by atoms with Crippen LogP contribution in [0.4, 0.5) is 0 Å². The van der Waals surface area contributed by atoms with E-state index in [1.807, 2.05) is 60.7 Å². The summed E-state index contributed by atoms with van der Waals surface area (Å²) in [5, 5.41) is 41.5. The summed E-state index contributed by atoms with van der Waals surface area (Å²) >= 11 is 0. The first kappa shape index (κ1) is 57.8. The summed E-state index contributed by atoms with van der Waals surface area (Å²) < 4.78 is 11.9. The Bertz CT molecular complexity index is 1110. The summed E-state index contributed by atoms with van der Waals surface area (Å²) in [6.07, 6.45) is 27.4. The topological polar surface area (TPSA) is 139 Å². The van der Waals surface area contributed by atoms with Crippen molar-refractivity contribution in [3.63, 3.8) is 0 Å². The molecule has 0 aliphatic rings. The minimum Gasteiger partial charge on any atom is -0.550 e. The first-order valence-corrected chi connectivity index (χ1v) is 23.3. The molecule has 0 bridgehead atoms. The molecule has 0 aliphatic heterocycles. The third kappa shape index (κ3) is 38.2. The first-order valence-electron chi connectivity index (χ1n) is 23.3. The molecule has 332 valence electrons. The number of hydrogen-bond donors (Lipinski definition) is 2. The molecule has 0 spiro atoms. The Kier molecular flexibility index (Phi) is 41.2. The fourth-order valence-electron chi connectivity index (χ4n) is 7.22. The molecular formula is C50H82BaO8. The summed E-state index contributed by atoms with van der Waals surface area (Å²) in [5.74, 6) is -2.01. The van der Waals surface area contributed by atoms with Crippen molar-refractivity contribution in [3.05, 3.63) is 71.8 Å². The normalized spacial score (nSPS) is 13.1. The molecule has 0 fully saturated rings. The van der Waals surface area contributed by atoms with Crippen LogP contribution in [0, 0.1) is 0 Å². The van der Waals surface area contributed by atoms with Gasteiger partial charge in [-0.3, -0.25) is 0 Å². The maximum atomic E-state index is 10.8. The minimum atomic E-state index is -1.00. The van der Waals surface area contributed by atoms with Gasteiger partial charge in [0.1, 0.15) is 0 Å². The number of aliphatic hydroxyl groups excluding tert-OH is 2. The van der Waals surface area contributed by atoms with Gasteiger partial charge in [-0.05, 0) is 75.3 Å². The second-order valence-electron chi connectivity index (χ2n) is 16.4. The Morgan fingerprint density at radius 3 is 1.05 bits per heavy atom. The molecule has 2 N–H and O–H groups in total. The van der Waals surface area contributed by atoms with Crippen molar-refractivity contribution in [2.45, 2.75) is 231 Å². The number of carboxylic acids is 2. The van der Waals surface area contributed by atoms with Crippen LogP contribution in [0.15, 0.2) is 60.7 Å². The van der Waals surface area contributed by atoms with Crippen LogP contribution in [-0.2, 0) is 32.3 Å². The Hall–Kier alpha value is -1.21. The van der Waals surface area contributed by atoms with Gasteiger partial charge in [-0.15, -0.1) is 0 Å². The van der Waals surface area contributed by atoms with Crippen molar-refractivity contribution in [1.29, 1.82) is 0 Å². The molecule has 0 radical (unpaired) electrons. The summed E-state index contributed by atoms with van der Waals surface area (Å²) in [6.45, 7) is 5.43. The van der Waals surface area contributed by atoms with Crippen LogP contribution < -0.4 is 10.2 Å². The smallest absolute Gasteiger partial charge is 0.550 e. The van der Waals surface area contributed by atoms with E-state index in [4.69, 9.17) is 9.47 Å². The zero-order chi connectivity index (χ0) is 42.3. The summed E-state index contributed by atoms with van der Waals surface area (Å²) in [4.78, 5) is 21.6.